The molecule has 0 atom stereocenters. The number of hydrogen-bond acceptors (Lipinski definition) is 4. The van der Waals surface area contributed by atoms with Crippen LogP contribution in [0.4, 0.5) is 11.4 Å². The van der Waals surface area contributed by atoms with E-state index in [4.69, 9.17) is 23.8 Å². The van der Waals surface area contributed by atoms with E-state index >= 15 is 0 Å². The van der Waals surface area contributed by atoms with E-state index in [9.17, 15) is 10.1 Å². The minimum Gasteiger partial charge on any atom is -0.343 e. The first kappa shape index (κ1) is 20.1. The Labute approximate surface area is 163 Å². The first-order chi connectivity index (χ1) is 12.4. The normalized spacial score (nSPS) is 10.6. The Kier molecular flexibility index (Phi) is 7.32. The first-order valence-corrected chi connectivity index (χ1v) is 8.84. The molecule has 1 N–H and O–H groups in total. The predicted molar refractivity (Wildman–Crippen MR) is 110 cm³/mol. The molecule has 0 heterocycles. The van der Waals surface area contributed by atoms with Crippen LogP contribution in [0.3, 0.4) is 0 Å². The van der Waals surface area contributed by atoms with E-state index < -0.39 is 4.92 Å². The monoisotopic (exact) mass is 392 g/mol. The number of benzene rings is 2. The average Bonchev–Trinajstić information content (AvgIpc) is 2.60. The van der Waals surface area contributed by atoms with Gasteiger partial charge in [0.05, 0.1) is 15.6 Å². The van der Waals surface area contributed by atoms with E-state index in [-0.39, 0.29) is 5.69 Å². The number of halogens is 1. The van der Waals surface area contributed by atoms with Gasteiger partial charge in [0.25, 0.3) is 5.69 Å². The molecule has 0 radical (unpaired) electrons. The highest BCUT2D eigenvalue weighted by atomic mass is 35.5. The molecule has 0 unspecified atom stereocenters. The number of thiocarbonyl (C=S) groups is 1. The number of non-ortho nitro benzene ring substituents is 1. The average molecular weight is 393 g/mol. The zero-order valence-electron chi connectivity index (χ0n) is 14.7. The van der Waals surface area contributed by atoms with Gasteiger partial charge in [0.2, 0.25) is 0 Å². The molecule has 6 nitrogen and oxygen atoms in total. The Hall–Kier alpha value is -2.22. The number of nitro groups is 1. The highest BCUT2D eigenvalue weighted by Crippen LogP contribution is 2.27. The topological polar surface area (TPSA) is 61.6 Å². The number of likely N-dealkylation sites (N-methyl/N-ethyl adjacent to an activating group) is 1. The molecule has 0 amide bonds. The number of anilines is 1. The second-order valence-electron chi connectivity index (χ2n) is 6.06. The lowest BCUT2D eigenvalue weighted by Crippen LogP contribution is -2.38. The molecule has 0 aliphatic carbocycles. The molecule has 8 heteroatoms. The zero-order valence-corrected chi connectivity index (χ0v) is 16.3. The van der Waals surface area contributed by atoms with E-state index in [1.165, 1.54) is 18.2 Å². The van der Waals surface area contributed by atoms with Gasteiger partial charge in [-0.3, -0.25) is 10.1 Å². The van der Waals surface area contributed by atoms with E-state index in [0.717, 1.165) is 12.1 Å². The fourth-order valence-electron chi connectivity index (χ4n) is 2.29. The summed E-state index contributed by atoms with van der Waals surface area (Å²) in [5, 5.41) is 14.9. The van der Waals surface area contributed by atoms with Crippen molar-refractivity contribution in [3.8, 4) is 0 Å². The van der Waals surface area contributed by atoms with Crippen LogP contribution in [0.25, 0.3) is 0 Å². The molecule has 0 aliphatic heterocycles. The Balaban J connectivity index is 2.17. The van der Waals surface area contributed by atoms with Gasteiger partial charge in [-0.1, -0.05) is 41.9 Å². The summed E-state index contributed by atoms with van der Waals surface area (Å²) in [4.78, 5) is 14.6. The van der Waals surface area contributed by atoms with Crippen molar-refractivity contribution in [2.75, 3.05) is 32.5 Å². The lowest BCUT2D eigenvalue weighted by molar-refractivity contribution is -0.384. The van der Waals surface area contributed by atoms with Crippen molar-refractivity contribution < 1.29 is 4.92 Å². The van der Waals surface area contributed by atoms with E-state index in [2.05, 4.69) is 10.2 Å². The van der Waals surface area contributed by atoms with Crippen LogP contribution in [0.5, 0.6) is 0 Å². The summed E-state index contributed by atoms with van der Waals surface area (Å²) >= 11 is 11.7. The van der Waals surface area contributed by atoms with E-state index in [0.29, 0.717) is 28.9 Å². The molecule has 2 aromatic carbocycles. The van der Waals surface area contributed by atoms with Crippen LogP contribution in [0.15, 0.2) is 48.5 Å². The maximum atomic E-state index is 11.0. The van der Waals surface area contributed by atoms with Crippen LogP contribution < -0.4 is 5.32 Å². The molecule has 26 heavy (non-hydrogen) atoms. The Morgan fingerprint density at radius 1 is 1.19 bits per heavy atom. The Bertz CT molecular complexity index is 771. The Morgan fingerprint density at radius 3 is 2.50 bits per heavy atom. The van der Waals surface area contributed by atoms with Crippen molar-refractivity contribution in [3.63, 3.8) is 0 Å². The summed E-state index contributed by atoms with van der Waals surface area (Å²) < 4.78 is 0. The lowest BCUT2D eigenvalue weighted by atomic mass is 10.2. The Morgan fingerprint density at radius 2 is 1.88 bits per heavy atom. The second-order valence-corrected chi connectivity index (χ2v) is 6.86. The maximum Gasteiger partial charge on any atom is 0.271 e. The molecule has 2 rings (SSSR count). The highest BCUT2D eigenvalue weighted by molar-refractivity contribution is 7.80. The van der Waals surface area contributed by atoms with Gasteiger partial charge in [-0.05, 0) is 37.9 Å². The van der Waals surface area contributed by atoms with Crippen molar-refractivity contribution >= 4 is 40.3 Å². The van der Waals surface area contributed by atoms with Crippen LogP contribution in [0.2, 0.25) is 5.02 Å². The van der Waals surface area contributed by atoms with Crippen LogP contribution >= 0.6 is 23.8 Å². The molecular formula is C18H21ClN4O2S. The van der Waals surface area contributed by atoms with Crippen LogP contribution in [-0.4, -0.2) is 47.0 Å². The van der Waals surface area contributed by atoms with Crippen molar-refractivity contribution in [2.24, 2.45) is 0 Å². The molecule has 2 aromatic rings. The summed E-state index contributed by atoms with van der Waals surface area (Å²) in [5.74, 6) is 0. The number of nitrogens with one attached hydrogen (secondary N) is 1. The third-order valence-electron chi connectivity index (χ3n) is 3.72. The van der Waals surface area contributed by atoms with Crippen LogP contribution in [-0.2, 0) is 6.54 Å². The number of nitrogens with zero attached hydrogens (tertiary/aromatic N) is 3. The fraction of sp³-hybridized carbons (Fsp3) is 0.278. The largest absolute Gasteiger partial charge is 0.343 e. The minimum atomic E-state index is -0.460. The lowest BCUT2D eigenvalue weighted by Gasteiger charge is -2.27. The first-order valence-electron chi connectivity index (χ1n) is 8.05. The molecule has 0 aromatic heterocycles. The van der Waals surface area contributed by atoms with Gasteiger partial charge in [-0.25, -0.2) is 0 Å². The van der Waals surface area contributed by atoms with E-state index in [1.54, 1.807) is 0 Å². The maximum absolute atomic E-state index is 11.0. The summed E-state index contributed by atoms with van der Waals surface area (Å²) in [6, 6.07) is 14.2. The van der Waals surface area contributed by atoms with Gasteiger partial charge < -0.3 is 15.1 Å². The smallest absolute Gasteiger partial charge is 0.271 e. The summed E-state index contributed by atoms with van der Waals surface area (Å²) in [7, 11) is 3.99. The molecule has 138 valence electrons. The van der Waals surface area contributed by atoms with Gasteiger partial charge in [0, 0.05) is 31.8 Å². The summed E-state index contributed by atoms with van der Waals surface area (Å²) in [6.07, 6.45) is 0. The second kappa shape index (κ2) is 9.47. The predicted octanol–water partition coefficient (Wildman–Crippen LogP) is 4.01. The third kappa shape index (κ3) is 5.94. The minimum absolute atomic E-state index is 0.0393. The van der Waals surface area contributed by atoms with Gasteiger partial charge in [-0.2, -0.15) is 0 Å². The molecule has 0 aliphatic rings. The van der Waals surface area contributed by atoms with Crippen LogP contribution in [0.1, 0.15) is 5.56 Å². The number of rotatable bonds is 7. The van der Waals surface area contributed by atoms with E-state index in [1.807, 2.05) is 49.3 Å². The van der Waals surface area contributed by atoms with Crippen molar-refractivity contribution in [2.45, 2.75) is 6.54 Å². The fourth-order valence-corrected chi connectivity index (χ4v) is 2.72. The highest BCUT2D eigenvalue weighted by Gasteiger charge is 2.15. The SMILES string of the molecule is CN(C)CCN(Cc1ccccc1)C(=S)Nc1cc([N+](=O)[O-])ccc1Cl. The molecule has 0 saturated carbocycles. The molecule has 0 saturated heterocycles. The number of hydrogen-bond donors (Lipinski definition) is 1. The zero-order chi connectivity index (χ0) is 19.1. The van der Waals surface area contributed by atoms with Crippen molar-refractivity contribution in [3.05, 3.63) is 69.2 Å². The quantitative estimate of drug-likeness (QED) is 0.436. The molecule has 0 spiro atoms. The molecule has 0 fully saturated rings. The van der Waals surface area contributed by atoms with Crippen molar-refractivity contribution in [1.29, 1.82) is 0 Å². The third-order valence-corrected chi connectivity index (χ3v) is 4.41. The number of nitro benzene ring substituents is 1. The summed E-state index contributed by atoms with van der Waals surface area (Å²) in [5.41, 5.74) is 1.51. The molecule has 0 bridgehead atoms. The van der Waals surface area contributed by atoms with Gasteiger partial charge in [0.1, 0.15) is 0 Å². The summed E-state index contributed by atoms with van der Waals surface area (Å²) in [6.45, 7) is 2.16. The van der Waals surface area contributed by atoms with Gasteiger partial charge in [-0.15, -0.1) is 0 Å². The standard InChI is InChI=1S/C18H21ClN4O2S/c1-21(2)10-11-22(13-14-6-4-3-5-7-14)18(26)20-17-12-15(23(24)25)8-9-16(17)19/h3-9,12H,10-11,13H2,1-2H3,(H,20,26). The van der Waals surface area contributed by atoms with Crippen LogP contribution in [0, 0.1) is 10.1 Å². The van der Waals surface area contributed by atoms with Gasteiger partial charge in [0.15, 0.2) is 5.11 Å². The van der Waals surface area contributed by atoms with Gasteiger partial charge >= 0.3 is 0 Å². The molecular weight excluding hydrogens is 372 g/mol. The van der Waals surface area contributed by atoms with Crippen molar-refractivity contribution in [1.82, 2.24) is 9.80 Å².